The molecule has 0 aliphatic rings. The number of aliphatic hydroxyl groups excluding tert-OH is 1. The van der Waals surface area contributed by atoms with Crippen LogP contribution in [0.5, 0.6) is 5.75 Å². The van der Waals surface area contributed by atoms with Crippen LogP contribution in [0.1, 0.15) is 31.4 Å². The van der Waals surface area contributed by atoms with Crippen LogP contribution in [0.4, 0.5) is 5.69 Å². The lowest BCUT2D eigenvalue weighted by molar-refractivity contribution is -0.386. The molecular weight excluding hydrogens is 344 g/mol. The summed E-state index contributed by atoms with van der Waals surface area (Å²) in [5, 5.41) is 23.3. The van der Waals surface area contributed by atoms with Gasteiger partial charge in [0, 0.05) is 29.6 Å². The van der Waals surface area contributed by atoms with Crippen molar-refractivity contribution in [1.82, 2.24) is 5.32 Å². The Morgan fingerprint density at radius 3 is 2.76 bits per heavy atom. The molecule has 7 nitrogen and oxygen atoms in total. The fourth-order valence-corrected chi connectivity index (χ4v) is 2.20. The number of hydrogen-bond donors (Lipinski definition) is 2. The summed E-state index contributed by atoms with van der Waals surface area (Å²) >= 11 is 3.17. The molecule has 0 radical (unpaired) electrons. The van der Waals surface area contributed by atoms with Gasteiger partial charge in [-0.15, -0.1) is 0 Å². The summed E-state index contributed by atoms with van der Waals surface area (Å²) in [6.45, 7) is 1.65. The summed E-state index contributed by atoms with van der Waals surface area (Å²) in [6.07, 6.45) is -0.216. The van der Waals surface area contributed by atoms with Gasteiger partial charge in [0.2, 0.25) is 11.7 Å². The number of hydrogen-bond acceptors (Lipinski definition) is 5. The van der Waals surface area contributed by atoms with Gasteiger partial charge >= 0.3 is 5.69 Å². The predicted octanol–water partition coefficient (Wildman–Crippen LogP) is 2.32. The van der Waals surface area contributed by atoms with Crippen molar-refractivity contribution in [3.05, 3.63) is 32.3 Å². The molecular formula is C13H17BrN2O5. The SMILES string of the molecule is CNC(=O)CCCOc1c(C(C)O)cc(Br)cc1[N+](=O)[O-]. The fraction of sp³-hybridized carbons (Fsp3) is 0.462. The van der Waals surface area contributed by atoms with E-state index in [-0.39, 0.29) is 30.4 Å². The average molecular weight is 361 g/mol. The minimum absolute atomic E-state index is 0.0371. The molecule has 1 unspecified atom stereocenters. The second kappa shape index (κ2) is 7.94. The van der Waals surface area contributed by atoms with Gasteiger partial charge in [-0.1, -0.05) is 15.9 Å². The molecule has 0 aromatic heterocycles. The van der Waals surface area contributed by atoms with Gasteiger partial charge in [-0.3, -0.25) is 14.9 Å². The summed E-state index contributed by atoms with van der Waals surface area (Å²) in [5.41, 5.74) is 0.108. The van der Waals surface area contributed by atoms with Crippen LogP contribution in [0.15, 0.2) is 16.6 Å². The van der Waals surface area contributed by atoms with Crippen LogP contribution in [0, 0.1) is 10.1 Å². The predicted molar refractivity (Wildman–Crippen MR) is 80.2 cm³/mol. The van der Waals surface area contributed by atoms with Gasteiger partial charge in [0.05, 0.1) is 17.6 Å². The topological polar surface area (TPSA) is 102 Å². The Hall–Kier alpha value is -1.67. The van der Waals surface area contributed by atoms with Crippen molar-refractivity contribution >= 4 is 27.5 Å². The number of nitrogens with one attached hydrogen (secondary N) is 1. The monoisotopic (exact) mass is 360 g/mol. The van der Waals surface area contributed by atoms with E-state index in [0.717, 1.165) is 0 Å². The molecule has 0 saturated heterocycles. The van der Waals surface area contributed by atoms with E-state index in [9.17, 15) is 20.0 Å². The number of nitro groups is 1. The second-order valence-corrected chi connectivity index (χ2v) is 5.32. The maximum absolute atomic E-state index is 11.1. The van der Waals surface area contributed by atoms with Crippen molar-refractivity contribution in [1.29, 1.82) is 0 Å². The number of carbonyl (C=O) groups excluding carboxylic acids is 1. The maximum atomic E-state index is 11.1. The molecule has 0 bridgehead atoms. The third-order valence-corrected chi connectivity index (χ3v) is 3.24. The van der Waals surface area contributed by atoms with Crippen molar-refractivity contribution < 1.29 is 19.6 Å². The zero-order chi connectivity index (χ0) is 16.0. The number of amides is 1. The highest BCUT2D eigenvalue weighted by molar-refractivity contribution is 9.10. The van der Waals surface area contributed by atoms with Gasteiger partial charge in [0.15, 0.2) is 0 Å². The lowest BCUT2D eigenvalue weighted by Crippen LogP contribution is -2.18. The van der Waals surface area contributed by atoms with E-state index in [2.05, 4.69) is 21.2 Å². The second-order valence-electron chi connectivity index (χ2n) is 4.40. The summed E-state index contributed by atoms with van der Waals surface area (Å²) < 4.78 is 5.93. The van der Waals surface area contributed by atoms with Crippen molar-refractivity contribution in [2.75, 3.05) is 13.7 Å². The van der Waals surface area contributed by atoms with E-state index in [0.29, 0.717) is 16.5 Å². The number of aliphatic hydroxyl groups is 1. The first-order valence-corrected chi connectivity index (χ1v) is 7.15. The highest BCUT2D eigenvalue weighted by Gasteiger charge is 2.23. The first-order valence-electron chi connectivity index (χ1n) is 6.36. The largest absolute Gasteiger partial charge is 0.487 e. The van der Waals surface area contributed by atoms with Crippen LogP contribution in [0.3, 0.4) is 0 Å². The first-order chi connectivity index (χ1) is 9.86. The van der Waals surface area contributed by atoms with Crippen molar-refractivity contribution in [2.24, 2.45) is 0 Å². The lowest BCUT2D eigenvalue weighted by atomic mass is 10.1. The van der Waals surface area contributed by atoms with E-state index < -0.39 is 11.0 Å². The number of halogens is 1. The van der Waals surface area contributed by atoms with Gasteiger partial charge in [0.25, 0.3) is 0 Å². The quantitative estimate of drug-likeness (QED) is 0.441. The van der Waals surface area contributed by atoms with Crippen LogP contribution < -0.4 is 10.1 Å². The van der Waals surface area contributed by atoms with Crippen LogP contribution in [-0.2, 0) is 4.79 Å². The highest BCUT2D eigenvalue weighted by atomic mass is 79.9. The van der Waals surface area contributed by atoms with Crippen molar-refractivity contribution in [3.63, 3.8) is 0 Å². The van der Waals surface area contributed by atoms with Crippen LogP contribution >= 0.6 is 15.9 Å². The van der Waals surface area contributed by atoms with Gasteiger partial charge in [-0.25, -0.2) is 0 Å². The zero-order valence-corrected chi connectivity index (χ0v) is 13.3. The molecule has 0 fully saturated rings. The van der Waals surface area contributed by atoms with E-state index in [1.54, 1.807) is 6.07 Å². The molecule has 1 amide bonds. The Morgan fingerprint density at radius 2 is 2.24 bits per heavy atom. The number of benzene rings is 1. The number of nitrogens with zero attached hydrogens (tertiary/aromatic N) is 1. The third-order valence-electron chi connectivity index (χ3n) is 2.78. The number of ether oxygens (including phenoxy) is 1. The van der Waals surface area contributed by atoms with Gasteiger partial charge in [-0.2, -0.15) is 0 Å². The molecule has 0 saturated carbocycles. The molecule has 116 valence electrons. The number of rotatable bonds is 7. The molecule has 0 spiro atoms. The third kappa shape index (κ3) is 4.98. The Bertz CT molecular complexity index is 534. The Morgan fingerprint density at radius 1 is 1.57 bits per heavy atom. The van der Waals surface area contributed by atoms with Gasteiger partial charge in [0.1, 0.15) is 0 Å². The maximum Gasteiger partial charge on any atom is 0.312 e. The molecule has 0 aliphatic carbocycles. The lowest BCUT2D eigenvalue weighted by Gasteiger charge is -2.14. The Balaban J connectivity index is 2.92. The molecule has 1 aromatic rings. The normalized spacial score (nSPS) is 11.8. The van der Waals surface area contributed by atoms with Crippen molar-refractivity contribution in [3.8, 4) is 5.75 Å². The summed E-state index contributed by atoms with van der Waals surface area (Å²) in [6, 6.07) is 2.89. The van der Waals surface area contributed by atoms with E-state index in [1.165, 1.54) is 20.0 Å². The van der Waals surface area contributed by atoms with E-state index >= 15 is 0 Å². The molecule has 1 aromatic carbocycles. The Labute approximate surface area is 130 Å². The smallest absolute Gasteiger partial charge is 0.312 e. The van der Waals surface area contributed by atoms with Gasteiger partial charge < -0.3 is 15.2 Å². The first kappa shape index (κ1) is 17.4. The minimum atomic E-state index is -0.907. The standard InChI is InChI=1S/C13H17BrN2O5/c1-8(17)10-6-9(14)7-11(16(19)20)13(10)21-5-3-4-12(18)15-2/h6-8,17H,3-5H2,1-2H3,(H,15,18). The summed E-state index contributed by atoms with van der Waals surface area (Å²) in [5.74, 6) is -0.0882. The van der Waals surface area contributed by atoms with Crippen LogP contribution in [0.2, 0.25) is 0 Å². The van der Waals surface area contributed by atoms with Crippen LogP contribution in [0.25, 0.3) is 0 Å². The molecule has 1 rings (SSSR count). The summed E-state index contributed by atoms with van der Waals surface area (Å²) in [7, 11) is 1.54. The number of carbonyl (C=O) groups is 1. The fourth-order valence-electron chi connectivity index (χ4n) is 1.73. The van der Waals surface area contributed by atoms with Crippen LogP contribution in [-0.4, -0.2) is 29.6 Å². The van der Waals surface area contributed by atoms with Crippen molar-refractivity contribution in [2.45, 2.75) is 25.9 Å². The van der Waals surface area contributed by atoms with E-state index in [1.807, 2.05) is 0 Å². The summed E-state index contributed by atoms with van der Waals surface area (Å²) in [4.78, 5) is 21.6. The molecule has 1 atom stereocenters. The molecule has 2 N–H and O–H groups in total. The van der Waals surface area contributed by atoms with E-state index in [4.69, 9.17) is 4.74 Å². The Kier molecular flexibility index (Phi) is 6.57. The average Bonchev–Trinajstić information content (AvgIpc) is 2.43. The minimum Gasteiger partial charge on any atom is -0.487 e. The molecule has 21 heavy (non-hydrogen) atoms. The molecule has 8 heteroatoms. The molecule has 0 heterocycles. The zero-order valence-electron chi connectivity index (χ0n) is 11.8. The number of nitro benzene ring substituents is 1. The molecule has 0 aliphatic heterocycles. The van der Waals surface area contributed by atoms with Gasteiger partial charge in [-0.05, 0) is 19.4 Å². The highest BCUT2D eigenvalue weighted by Crippen LogP contribution is 2.37.